The highest BCUT2D eigenvalue weighted by atomic mass is 35.5. The Morgan fingerprint density at radius 2 is 1.67 bits per heavy atom. The van der Waals surface area contributed by atoms with E-state index in [1.807, 2.05) is 0 Å². The van der Waals surface area contributed by atoms with Crippen molar-refractivity contribution in [2.45, 2.75) is 25.4 Å². The number of aliphatic carboxylic acids is 1. The highest BCUT2D eigenvalue weighted by Crippen LogP contribution is 2.50. The number of rotatable bonds is 6. The molecular weight excluding hydrogens is 476 g/mol. The molecule has 1 N–H and O–H groups in total. The predicted octanol–water partition coefficient (Wildman–Crippen LogP) is 3.63. The molecule has 1 spiro atoms. The van der Waals surface area contributed by atoms with Crippen molar-refractivity contribution in [1.29, 1.82) is 0 Å². The Morgan fingerprint density at radius 1 is 1.03 bits per heavy atom. The number of carbonyl (C=O) groups excluding carboxylic acids is 3. The molecular formula is C22H18Cl2FN3O5. The van der Waals surface area contributed by atoms with Gasteiger partial charge in [0.15, 0.2) is 0 Å². The third-order valence-electron chi connectivity index (χ3n) is 5.69. The van der Waals surface area contributed by atoms with E-state index < -0.39 is 48.3 Å². The molecule has 4 rings (SSSR count). The molecule has 0 bridgehead atoms. The van der Waals surface area contributed by atoms with Gasteiger partial charge >= 0.3 is 12.0 Å². The Kier molecular flexibility index (Phi) is 5.79. The number of carboxylic acids is 1. The van der Waals surface area contributed by atoms with Crippen LogP contribution in [0, 0.1) is 5.82 Å². The number of hydrogen-bond acceptors (Lipinski definition) is 4. The molecule has 11 heteroatoms. The van der Waals surface area contributed by atoms with Crippen LogP contribution in [-0.4, -0.2) is 51.8 Å². The number of fused-ring (bicyclic) bond motifs is 2. The van der Waals surface area contributed by atoms with Gasteiger partial charge in [0.1, 0.15) is 12.4 Å². The van der Waals surface area contributed by atoms with Crippen LogP contribution in [0.25, 0.3) is 0 Å². The Bertz CT molecular complexity index is 1210. The topological polar surface area (TPSA) is 98.2 Å². The summed E-state index contributed by atoms with van der Waals surface area (Å²) in [7, 11) is 0. The maximum absolute atomic E-state index is 14.4. The first-order chi connectivity index (χ1) is 15.6. The van der Waals surface area contributed by atoms with Crippen molar-refractivity contribution in [1.82, 2.24) is 9.80 Å². The molecule has 8 nitrogen and oxygen atoms in total. The van der Waals surface area contributed by atoms with Crippen LogP contribution >= 0.6 is 23.2 Å². The van der Waals surface area contributed by atoms with Gasteiger partial charge in [0.25, 0.3) is 11.8 Å². The van der Waals surface area contributed by atoms with E-state index in [0.29, 0.717) is 6.42 Å². The van der Waals surface area contributed by atoms with Gasteiger partial charge in [0, 0.05) is 27.7 Å². The molecule has 1 saturated heterocycles. The van der Waals surface area contributed by atoms with Gasteiger partial charge in [-0.15, -0.1) is 0 Å². The molecule has 1 fully saturated rings. The van der Waals surface area contributed by atoms with E-state index in [-0.39, 0.29) is 33.4 Å². The number of hydrogen-bond donors (Lipinski definition) is 1. The summed E-state index contributed by atoms with van der Waals surface area (Å²) in [5, 5.41) is 9.76. The average molecular weight is 494 g/mol. The van der Waals surface area contributed by atoms with Gasteiger partial charge in [-0.2, -0.15) is 0 Å². The summed E-state index contributed by atoms with van der Waals surface area (Å²) in [5.74, 6) is -3.74. The van der Waals surface area contributed by atoms with E-state index in [9.17, 15) is 28.7 Å². The SMILES string of the molecule is CCCN1C(=O)N(Cc2cc(Cl)ccc2F)C(=O)[C@@]12C(=O)N(CC(=O)O)c1ccc(Cl)cc12. The molecule has 2 aliphatic rings. The van der Waals surface area contributed by atoms with Gasteiger partial charge in [-0.1, -0.05) is 30.1 Å². The monoisotopic (exact) mass is 493 g/mol. The van der Waals surface area contributed by atoms with Crippen LogP contribution < -0.4 is 4.90 Å². The molecule has 2 aromatic rings. The van der Waals surface area contributed by atoms with Gasteiger partial charge in [-0.3, -0.25) is 29.1 Å². The Hall–Kier alpha value is -3.17. The van der Waals surface area contributed by atoms with Crippen molar-refractivity contribution in [3.05, 3.63) is 63.4 Å². The summed E-state index contributed by atoms with van der Waals surface area (Å²) < 4.78 is 14.4. The molecule has 0 saturated carbocycles. The number of anilines is 1. The fourth-order valence-corrected chi connectivity index (χ4v) is 4.73. The Balaban J connectivity index is 1.89. The predicted molar refractivity (Wildman–Crippen MR) is 117 cm³/mol. The molecule has 2 aliphatic heterocycles. The van der Waals surface area contributed by atoms with Crippen molar-refractivity contribution in [3.8, 4) is 0 Å². The van der Waals surface area contributed by atoms with Crippen LogP contribution in [0.2, 0.25) is 10.0 Å². The molecule has 2 aromatic carbocycles. The minimum absolute atomic E-state index is 0.00291. The van der Waals surface area contributed by atoms with Gasteiger partial charge in [-0.25, -0.2) is 9.18 Å². The summed E-state index contributed by atoms with van der Waals surface area (Å²) >= 11 is 12.1. The second-order valence-corrected chi connectivity index (χ2v) is 8.59. The largest absolute Gasteiger partial charge is 0.480 e. The zero-order chi connectivity index (χ0) is 24.1. The number of carboxylic acid groups (broad SMARTS) is 1. The van der Waals surface area contributed by atoms with Gasteiger partial charge in [0.05, 0.1) is 12.2 Å². The summed E-state index contributed by atoms with van der Waals surface area (Å²) in [4.78, 5) is 55.2. The van der Waals surface area contributed by atoms with Crippen LogP contribution in [0.1, 0.15) is 24.5 Å². The molecule has 4 amide bonds. The minimum atomic E-state index is -2.13. The molecule has 33 heavy (non-hydrogen) atoms. The number of benzene rings is 2. The molecule has 0 radical (unpaired) electrons. The number of carbonyl (C=O) groups is 4. The highest BCUT2D eigenvalue weighted by molar-refractivity contribution is 6.32. The Labute approximate surface area is 198 Å². The van der Waals surface area contributed by atoms with Crippen molar-refractivity contribution in [3.63, 3.8) is 0 Å². The molecule has 0 aliphatic carbocycles. The number of urea groups is 1. The van der Waals surface area contributed by atoms with E-state index in [1.165, 1.54) is 30.3 Å². The minimum Gasteiger partial charge on any atom is -0.480 e. The fourth-order valence-electron chi connectivity index (χ4n) is 4.36. The lowest BCUT2D eigenvalue weighted by Gasteiger charge is -2.30. The summed E-state index contributed by atoms with van der Waals surface area (Å²) in [5.41, 5.74) is -1.85. The average Bonchev–Trinajstić information content (AvgIpc) is 3.10. The fraction of sp³-hybridized carbons (Fsp3) is 0.273. The smallest absolute Gasteiger partial charge is 0.328 e. The Morgan fingerprint density at radius 3 is 2.33 bits per heavy atom. The van der Waals surface area contributed by atoms with E-state index in [0.717, 1.165) is 20.8 Å². The van der Waals surface area contributed by atoms with Crippen LogP contribution in [0.4, 0.5) is 14.9 Å². The second kappa shape index (κ2) is 8.31. The molecule has 0 unspecified atom stereocenters. The number of halogens is 3. The van der Waals surface area contributed by atoms with Gasteiger partial charge in [-0.05, 0) is 42.8 Å². The van der Waals surface area contributed by atoms with Crippen molar-refractivity contribution in [2.24, 2.45) is 0 Å². The zero-order valence-corrected chi connectivity index (χ0v) is 18.9. The van der Waals surface area contributed by atoms with E-state index in [2.05, 4.69) is 0 Å². The van der Waals surface area contributed by atoms with E-state index >= 15 is 0 Å². The summed E-state index contributed by atoms with van der Waals surface area (Å²) in [6.45, 7) is 0.628. The lowest BCUT2D eigenvalue weighted by Crippen LogP contribution is -2.55. The van der Waals surface area contributed by atoms with Gasteiger partial charge in [0.2, 0.25) is 5.54 Å². The lowest BCUT2D eigenvalue weighted by molar-refractivity contribution is -0.144. The molecule has 1 atom stereocenters. The van der Waals surface area contributed by atoms with Crippen LogP contribution in [0.3, 0.4) is 0 Å². The second-order valence-electron chi connectivity index (χ2n) is 7.72. The summed E-state index contributed by atoms with van der Waals surface area (Å²) in [6.07, 6.45) is 0.405. The maximum atomic E-state index is 14.4. The third kappa shape index (κ3) is 3.43. The van der Waals surface area contributed by atoms with Gasteiger partial charge < -0.3 is 5.11 Å². The standard InChI is InChI=1S/C22H18Cl2FN3O5/c1-2-7-28-21(33)27(10-12-8-13(23)3-5-16(12)25)20(32)22(28)15-9-14(24)4-6-17(15)26(19(22)31)11-18(29)30/h3-6,8-9H,2,7,10-11H2,1H3,(H,29,30)/t22-/m1/s1. The van der Waals surface area contributed by atoms with Crippen LogP contribution in [0.5, 0.6) is 0 Å². The van der Waals surface area contributed by atoms with E-state index in [4.69, 9.17) is 23.2 Å². The summed E-state index contributed by atoms with van der Waals surface area (Å²) in [6, 6.07) is 7.24. The van der Waals surface area contributed by atoms with E-state index in [1.54, 1.807) is 6.92 Å². The normalized spacial score (nSPS) is 19.8. The molecule has 172 valence electrons. The third-order valence-corrected chi connectivity index (χ3v) is 6.16. The first kappa shape index (κ1) is 23.0. The zero-order valence-electron chi connectivity index (χ0n) is 17.3. The van der Waals surface area contributed by atoms with Crippen molar-refractivity contribution >= 4 is 52.7 Å². The van der Waals surface area contributed by atoms with Crippen LogP contribution in [0.15, 0.2) is 36.4 Å². The first-order valence-electron chi connectivity index (χ1n) is 10.0. The number of imide groups is 1. The lowest BCUT2D eigenvalue weighted by atomic mass is 9.89. The number of nitrogens with zero attached hydrogens (tertiary/aromatic N) is 3. The van der Waals surface area contributed by atoms with Crippen LogP contribution in [-0.2, 0) is 26.5 Å². The quantitative estimate of drug-likeness (QED) is 0.489. The van der Waals surface area contributed by atoms with Crippen molar-refractivity contribution in [2.75, 3.05) is 18.0 Å². The molecule has 2 heterocycles. The molecule has 0 aromatic heterocycles. The maximum Gasteiger partial charge on any atom is 0.328 e. The highest BCUT2D eigenvalue weighted by Gasteiger charge is 2.68. The number of amides is 4. The van der Waals surface area contributed by atoms with Crippen molar-refractivity contribution < 1.29 is 28.7 Å². The first-order valence-corrected chi connectivity index (χ1v) is 10.8.